The first kappa shape index (κ1) is 15.6. The Morgan fingerprint density at radius 2 is 0.875 bits per heavy atom. The molecule has 0 amide bonds. The molecule has 0 unspecified atom stereocenters. The number of phenolic OH excluding ortho intramolecular Hbond substituents is 5. The Kier molecular flexibility index (Phi) is 3.92. The highest BCUT2D eigenvalue weighted by Crippen LogP contribution is 2.44. The predicted octanol–water partition coefficient (Wildman–Crippen LogP) is 3.39. The highest BCUT2D eigenvalue weighted by molar-refractivity contribution is 5.57. The minimum absolute atomic E-state index is 0.0994. The maximum absolute atomic E-state index is 10.3. The second kappa shape index (κ2) is 6.04. The van der Waals surface area contributed by atoms with Crippen LogP contribution in [0.3, 0.4) is 0 Å². The minimum atomic E-state index is -0.549. The van der Waals surface area contributed by atoms with E-state index in [0.717, 1.165) is 23.3 Å². The van der Waals surface area contributed by atoms with Gasteiger partial charge in [0.25, 0.3) is 0 Å². The van der Waals surface area contributed by atoms with Crippen molar-refractivity contribution in [1.82, 2.24) is 0 Å². The summed E-state index contributed by atoms with van der Waals surface area (Å²) in [5.74, 6) is -1.10. The van der Waals surface area contributed by atoms with Crippen LogP contribution in [0.4, 0.5) is 0 Å². The molecule has 5 heteroatoms. The molecule has 122 valence electrons. The topological polar surface area (TPSA) is 101 Å². The molecule has 0 aliphatic heterocycles. The van der Waals surface area contributed by atoms with Gasteiger partial charge in [0.1, 0.15) is 28.7 Å². The van der Waals surface area contributed by atoms with Crippen LogP contribution in [0.1, 0.15) is 22.6 Å². The van der Waals surface area contributed by atoms with Crippen molar-refractivity contribution >= 4 is 0 Å². The Morgan fingerprint density at radius 1 is 0.500 bits per heavy atom. The van der Waals surface area contributed by atoms with Gasteiger partial charge in [0.05, 0.1) is 0 Å². The molecule has 24 heavy (non-hydrogen) atoms. The van der Waals surface area contributed by atoms with Crippen molar-refractivity contribution in [3.63, 3.8) is 0 Å². The first-order valence-electron chi connectivity index (χ1n) is 7.28. The smallest absolute Gasteiger partial charge is 0.127 e. The molecule has 0 aliphatic carbocycles. The summed E-state index contributed by atoms with van der Waals surface area (Å²) in [7, 11) is 0. The zero-order valence-corrected chi connectivity index (χ0v) is 12.6. The SMILES string of the molecule is Oc1ccc(C(c2ccc(O)cc2)c2c(O)cc(O)cc2O)cc1. The summed E-state index contributed by atoms with van der Waals surface area (Å²) in [6.07, 6.45) is 0. The summed E-state index contributed by atoms with van der Waals surface area (Å²) in [5, 5.41) is 49.0. The molecule has 0 aromatic heterocycles. The average molecular weight is 324 g/mol. The van der Waals surface area contributed by atoms with Gasteiger partial charge in [-0.25, -0.2) is 0 Å². The van der Waals surface area contributed by atoms with Gasteiger partial charge >= 0.3 is 0 Å². The second-order valence-electron chi connectivity index (χ2n) is 5.51. The molecule has 0 atom stereocenters. The Labute approximate surface area is 138 Å². The molecule has 0 radical (unpaired) electrons. The first-order chi connectivity index (χ1) is 11.5. The molecule has 3 rings (SSSR count). The van der Waals surface area contributed by atoms with E-state index in [9.17, 15) is 25.5 Å². The largest absolute Gasteiger partial charge is 0.508 e. The molecule has 3 aromatic rings. The standard InChI is InChI=1S/C19H16O5/c20-13-5-1-11(2-6-13)18(12-3-7-14(21)8-4-12)19-16(23)9-15(22)10-17(19)24/h1-10,18,20-24H. The molecule has 0 bridgehead atoms. The van der Waals surface area contributed by atoms with Crippen molar-refractivity contribution in [2.75, 3.05) is 0 Å². The number of aromatic hydroxyl groups is 5. The Balaban J connectivity index is 2.22. The van der Waals surface area contributed by atoms with Gasteiger partial charge in [-0.05, 0) is 35.4 Å². The van der Waals surface area contributed by atoms with E-state index in [0.29, 0.717) is 0 Å². The molecule has 0 saturated heterocycles. The molecule has 3 aromatic carbocycles. The predicted molar refractivity (Wildman–Crippen MR) is 88.6 cm³/mol. The summed E-state index contributed by atoms with van der Waals surface area (Å²) in [6, 6.07) is 15.1. The van der Waals surface area contributed by atoms with Crippen LogP contribution in [0.5, 0.6) is 28.7 Å². The molecule has 5 N–H and O–H groups in total. The van der Waals surface area contributed by atoms with E-state index in [1.54, 1.807) is 24.3 Å². The van der Waals surface area contributed by atoms with Gasteiger partial charge in [0.15, 0.2) is 0 Å². The molecule has 0 spiro atoms. The van der Waals surface area contributed by atoms with Crippen molar-refractivity contribution < 1.29 is 25.5 Å². The monoisotopic (exact) mass is 324 g/mol. The summed E-state index contributed by atoms with van der Waals surface area (Å²) >= 11 is 0. The fraction of sp³-hybridized carbons (Fsp3) is 0.0526. The van der Waals surface area contributed by atoms with E-state index in [1.807, 2.05) is 0 Å². The number of hydrogen-bond donors (Lipinski definition) is 5. The maximum Gasteiger partial charge on any atom is 0.127 e. The van der Waals surface area contributed by atoms with Crippen molar-refractivity contribution in [3.8, 4) is 28.7 Å². The molecule has 5 nitrogen and oxygen atoms in total. The van der Waals surface area contributed by atoms with E-state index in [4.69, 9.17) is 0 Å². The van der Waals surface area contributed by atoms with Gasteiger partial charge in [-0.15, -0.1) is 0 Å². The van der Waals surface area contributed by atoms with Gasteiger partial charge < -0.3 is 25.5 Å². The van der Waals surface area contributed by atoms with Crippen LogP contribution >= 0.6 is 0 Å². The second-order valence-corrected chi connectivity index (χ2v) is 5.51. The molecule has 0 heterocycles. The van der Waals surface area contributed by atoms with Crippen LogP contribution in [-0.4, -0.2) is 25.5 Å². The maximum atomic E-state index is 10.3. The van der Waals surface area contributed by atoms with E-state index >= 15 is 0 Å². The molecule has 0 saturated carbocycles. The summed E-state index contributed by atoms with van der Waals surface area (Å²) in [5.41, 5.74) is 1.66. The third kappa shape index (κ3) is 2.92. The zero-order chi connectivity index (χ0) is 17.3. The van der Waals surface area contributed by atoms with E-state index in [1.165, 1.54) is 24.3 Å². The van der Waals surface area contributed by atoms with E-state index < -0.39 is 5.92 Å². The lowest BCUT2D eigenvalue weighted by Gasteiger charge is -2.21. The van der Waals surface area contributed by atoms with Crippen molar-refractivity contribution in [1.29, 1.82) is 0 Å². The van der Waals surface area contributed by atoms with Crippen LogP contribution in [0.25, 0.3) is 0 Å². The fourth-order valence-corrected chi connectivity index (χ4v) is 2.76. The highest BCUT2D eigenvalue weighted by atomic mass is 16.3. The van der Waals surface area contributed by atoms with Gasteiger partial charge in [-0.1, -0.05) is 24.3 Å². The van der Waals surface area contributed by atoms with Crippen molar-refractivity contribution in [2.24, 2.45) is 0 Å². The Bertz CT molecular complexity index is 785. The lowest BCUT2D eigenvalue weighted by Crippen LogP contribution is -2.04. The van der Waals surface area contributed by atoms with Gasteiger partial charge in [0, 0.05) is 23.6 Å². The molecular formula is C19H16O5. The minimum Gasteiger partial charge on any atom is -0.508 e. The summed E-state index contributed by atoms with van der Waals surface area (Å²) < 4.78 is 0. The Hall–Kier alpha value is -3.34. The highest BCUT2D eigenvalue weighted by Gasteiger charge is 2.24. The van der Waals surface area contributed by atoms with Crippen molar-refractivity contribution in [3.05, 3.63) is 77.4 Å². The normalized spacial score (nSPS) is 10.9. The first-order valence-corrected chi connectivity index (χ1v) is 7.28. The number of hydrogen-bond acceptors (Lipinski definition) is 5. The molecular weight excluding hydrogens is 308 g/mol. The lowest BCUT2D eigenvalue weighted by molar-refractivity contribution is 0.418. The van der Waals surface area contributed by atoms with E-state index in [2.05, 4.69) is 0 Å². The number of rotatable bonds is 3. The van der Waals surface area contributed by atoms with Gasteiger partial charge in [0.2, 0.25) is 0 Å². The quantitative estimate of drug-likeness (QED) is 0.475. The van der Waals surface area contributed by atoms with Crippen LogP contribution in [0.15, 0.2) is 60.7 Å². The van der Waals surface area contributed by atoms with Crippen LogP contribution < -0.4 is 0 Å². The Morgan fingerprint density at radius 3 is 1.25 bits per heavy atom. The third-order valence-corrected chi connectivity index (χ3v) is 3.86. The van der Waals surface area contributed by atoms with Gasteiger partial charge in [-0.3, -0.25) is 0 Å². The van der Waals surface area contributed by atoms with Crippen LogP contribution in [0.2, 0.25) is 0 Å². The number of benzene rings is 3. The number of phenols is 5. The molecule has 0 aliphatic rings. The van der Waals surface area contributed by atoms with Crippen LogP contribution in [-0.2, 0) is 0 Å². The van der Waals surface area contributed by atoms with Crippen LogP contribution in [0, 0.1) is 0 Å². The summed E-state index contributed by atoms with van der Waals surface area (Å²) in [6.45, 7) is 0. The lowest BCUT2D eigenvalue weighted by atomic mass is 9.84. The van der Waals surface area contributed by atoms with Gasteiger partial charge in [-0.2, -0.15) is 0 Å². The van der Waals surface area contributed by atoms with Crippen molar-refractivity contribution in [2.45, 2.75) is 5.92 Å². The fourth-order valence-electron chi connectivity index (χ4n) is 2.76. The zero-order valence-electron chi connectivity index (χ0n) is 12.6. The third-order valence-electron chi connectivity index (χ3n) is 3.86. The molecule has 0 fully saturated rings. The summed E-state index contributed by atoms with van der Waals surface area (Å²) in [4.78, 5) is 0. The van der Waals surface area contributed by atoms with E-state index in [-0.39, 0.29) is 34.3 Å². The average Bonchev–Trinajstić information content (AvgIpc) is 2.53.